The first kappa shape index (κ1) is 27.4. The number of anilines is 5. The molecule has 204 valence electrons. The fourth-order valence-electron chi connectivity index (χ4n) is 4.00. The minimum atomic E-state index is -1.01. The van der Waals surface area contributed by atoms with E-state index in [4.69, 9.17) is 9.47 Å². The third-order valence-electron chi connectivity index (χ3n) is 6.05. The second kappa shape index (κ2) is 12.2. The Morgan fingerprint density at radius 3 is 2.51 bits per heavy atom. The molecule has 1 aromatic heterocycles. The molecule has 0 spiro atoms. The molecule has 1 aliphatic rings. The van der Waals surface area contributed by atoms with E-state index in [0.717, 1.165) is 0 Å². The van der Waals surface area contributed by atoms with Crippen LogP contribution in [-0.4, -0.2) is 65.6 Å². The van der Waals surface area contributed by atoms with Gasteiger partial charge in [-0.1, -0.05) is 18.7 Å². The molecule has 1 aliphatic heterocycles. The number of carbonyl (C=O) groups excluding carboxylic acids is 2. The van der Waals surface area contributed by atoms with Gasteiger partial charge in [0.1, 0.15) is 17.3 Å². The molecule has 39 heavy (non-hydrogen) atoms. The molecule has 0 bridgehead atoms. The molecule has 3 amide bonds. The fraction of sp³-hybridized carbons (Fsp3) is 0.259. The van der Waals surface area contributed by atoms with E-state index < -0.39 is 12.7 Å². The summed E-state index contributed by atoms with van der Waals surface area (Å²) < 4.78 is 10.7. The lowest BCUT2D eigenvalue weighted by Crippen LogP contribution is -2.49. The molecule has 3 aromatic rings. The molecule has 12 nitrogen and oxygen atoms in total. The summed E-state index contributed by atoms with van der Waals surface area (Å²) in [6.45, 7) is 3.30. The number of ether oxygens (including phenoxy) is 2. The van der Waals surface area contributed by atoms with Crippen molar-refractivity contribution in [3.63, 3.8) is 0 Å². The highest BCUT2D eigenvalue weighted by Crippen LogP contribution is 2.35. The van der Waals surface area contributed by atoms with Crippen molar-refractivity contribution >= 4 is 40.8 Å². The Hall–Kier alpha value is -4.68. The maximum atomic E-state index is 13.8. The number of urea groups is 1. The van der Waals surface area contributed by atoms with E-state index in [1.165, 1.54) is 30.1 Å². The van der Waals surface area contributed by atoms with Gasteiger partial charge in [-0.15, -0.1) is 0 Å². The standard InChI is InChI=1S/C27H30N6O6/c1-4-24(36)29-22-7-5-6-8-23(22)30-26-28-14-17-15-33(18-11-20(38-2)13-21(12-18)39-3)27(37)32(25(17)31-26)10-9-19(35)16-34/h4-8,11-14,19,34-35H,1,9-10,15-16H2,2-3H3,(H,29,36)(H,28,30,31). The van der Waals surface area contributed by atoms with Crippen LogP contribution < -0.4 is 29.9 Å². The van der Waals surface area contributed by atoms with E-state index in [1.807, 2.05) is 0 Å². The zero-order chi connectivity index (χ0) is 27.9. The third-order valence-corrected chi connectivity index (χ3v) is 6.05. The average Bonchev–Trinajstić information content (AvgIpc) is 2.96. The van der Waals surface area contributed by atoms with Crippen molar-refractivity contribution in [2.24, 2.45) is 0 Å². The maximum Gasteiger partial charge on any atom is 0.330 e. The predicted molar refractivity (Wildman–Crippen MR) is 147 cm³/mol. The minimum Gasteiger partial charge on any atom is -0.497 e. The first-order valence-corrected chi connectivity index (χ1v) is 12.1. The number of rotatable bonds is 11. The van der Waals surface area contributed by atoms with E-state index in [1.54, 1.807) is 48.7 Å². The number of nitrogens with one attached hydrogen (secondary N) is 2. The minimum absolute atomic E-state index is 0.0909. The molecule has 0 saturated heterocycles. The van der Waals surface area contributed by atoms with Crippen LogP contribution >= 0.6 is 0 Å². The van der Waals surface area contributed by atoms with Gasteiger partial charge in [-0.3, -0.25) is 14.6 Å². The van der Waals surface area contributed by atoms with Crippen LogP contribution in [0.25, 0.3) is 0 Å². The highest BCUT2D eigenvalue weighted by Gasteiger charge is 2.34. The van der Waals surface area contributed by atoms with Gasteiger partial charge in [0.05, 0.1) is 50.5 Å². The van der Waals surface area contributed by atoms with Crippen LogP contribution in [-0.2, 0) is 11.3 Å². The predicted octanol–water partition coefficient (Wildman–Crippen LogP) is 3.05. The van der Waals surface area contributed by atoms with Gasteiger partial charge >= 0.3 is 6.03 Å². The van der Waals surface area contributed by atoms with Gasteiger partial charge in [-0.25, -0.2) is 9.78 Å². The van der Waals surface area contributed by atoms with Crippen molar-refractivity contribution in [1.82, 2.24) is 9.97 Å². The number of methoxy groups -OCH3 is 2. The lowest BCUT2D eigenvalue weighted by molar-refractivity contribution is -0.111. The SMILES string of the molecule is C=CC(=O)Nc1ccccc1Nc1ncc2c(n1)N(CCC(O)CO)C(=O)N(c1cc(OC)cc(OC)c1)C2. The van der Waals surface area contributed by atoms with Crippen LogP contribution in [0, 0.1) is 0 Å². The number of nitrogens with zero attached hydrogens (tertiary/aromatic N) is 4. The molecule has 1 unspecified atom stereocenters. The molecule has 0 saturated carbocycles. The van der Waals surface area contributed by atoms with Gasteiger partial charge < -0.3 is 30.3 Å². The summed E-state index contributed by atoms with van der Waals surface area (Å²) in [4.78, 5) is 37.6. The number of amides is 3. The van der Waals surface area contributed by atoms with Crippen molar-refractivity contribution in [1.29, 1.82) is 0 Å². The summed E-state index contributed by atoms with van der Waals surface area (Å²) in [5.41, 5.74) is 2.25. The molecule has 0 radical (unpaired) electrons. The van der Waals surface area contributed by atoms with Crippen LogP contribution in [0.3, 0.4) is 0 Å². The molecule has 0 aliphatic carbocycles. The monoisotopic (exact) mass is 534 g/mol. The number of hydrogen-bond donors (Lipinski definition) is 4. The van der Waals surface area contributed by atoms with Crippen LogP contribution in [0.15, 0.2) is 61.3 Å². The maximum absolute atomic E-state index is 13.8. The Labute approximate surface area is 225 Å². The first-order valence-electron chi connectivity index (χ1n) is 12.1. The smallest absolute Gasteiger partial charge is 0.330 e. The van der Waals surface area contributed by atoms with Crippen molar-refractivity contribution in [2.45, 2.75) is 19.1 Å². The highest BCUT2D eigenvalue weighted by molar-refractivity contribution is 6.06. The zero-order valence-corrected chi connectivity index (χ0v) is 21.6. The molecule has 4 N–H and O–H groups in total. The molecule has 12 heteroatoms. The van der Waals surface area contributed by atoms with E-state index >= 15 is 0 Å². The highest BCUT2D eigenvalue weighted by atomic mass is 16.5. The topological polar surface area (TPSA) is 149 Å². The molecule has 1 atom stereocenters. The van der Waals surface area contributed by atoms with Crippen LogP contribution in [0.1, 0.15) is 12.0 Å². The number of aliphatic hydroxyl groups is 2. The third kappa shape index (κ3) is 6.25. The number of para-hydroxylation sites is 2. The number of benzene rings is 2. The van der Waals surface area contributed by atoms with Crippen LogP contribution in [0.5, 0.6) is 11.5 Å². The lowest BCUT2D eigenvalue weighted by Gasteiger charge is -2.36. The van der Waals surface area contributed by atoms with Crippen molar-refractivity contribution in [3.05, 3.63) is 66.9 Å². The molecular weight excluding hydrogens is 504 g/mol. The first-order chi connectivity index (χ1) is 18.9. The van der Waals surface area contributed by atoms with E-state index in [9.17, 15) is 19.8 Å². The Balaban J connectivity index is 1.70. The number of aliphatic hydroxyl groups excluding tert-OH is 2. The summed E-state index contributed by atoms with van der Waals surface area (Å²) in [5.74, 6) is 1.22. The molecule has 0 fully saturated rings. The number of hydrogen-bond acceptors (Lipinski definition) is 9. The van der Waals surface area contributed by atoms with E-state index in [2.05, 4.69) is 27.2 Å². The van der Waals surface area contributed by atoms with E-state index in [-0.39, 0.29) is 37.4 Å². The second-order valence-electron chi connectivity index (χ2n) is 8.62. The summed E-state index contributed by atoms with van der Waals surface area (Å²) in [5, 5.41) is 25.1. The number of fused-ring (bicyclic) bond motifs is 1. The van der Waals surface area contributed by atoms with Gasteiger partial charge in [0, 0.05) is 36.5 Å². The van der Waals surface area contributed by atoms with E-state index in [0.29, 0.717) is 39.9 Å². The Morgan fingerprint density at radius 1 is 1.18 bits per heavy atom. The average molecular weight is 535 g/mol. The van der Waals surface area contributed by atoms with Crippen LogP contribution in [0.4, 0.5) is 33.6 Å². The molecule has 2 aromatic carbocycles. The summed E-state index contributed by atoms with van der Waals surface area (Å²) in [6.07, 6.45) is 1.90. The quantitative estimate of drug-likeness (QED) is 0.272. The zero-order valence-electron chi connectivity index (χ0n) is 21.6. The Kier molecular flexibility index (Phi) is 8.59. The number of carbonyl (C=O) groups is 2. The second-order valence-corrected chi connectivity index (χ2v) is 8.62. The molecule has 2 heterocycles. The largest absolute Gasteiger partial charge is 0.497 e. The van der Waals surface area contributed by atoms with Gasteiger partial charge in [0.25, 0.3) is 0 Å². The van der Waals surface area contributed by atoms with Gasteiger partial charge in [-0.05, 0) is 24.6 Å². The van der Waals surface area contributed by atoms with Gasteiger partial charge in [0.15, 0.2) is 0 Å². The van der Waals surface area contributed by atoms with Crippen molar-refractivity contribution in [3.8, 4) is 11.5 Å². The van der Waals surface area contributed by atoms with Gasteiger partial charge in [0.2, 0.25) is 11.9 Å². The summed E-state index contributed by atoms with van der Waals surface area (Å²) in [6, 6.07) is 11.8. The lowest BCUT2D eigenvalue weighted by atomic mass is 10.1. The summed E-state index contributed by atoms with van der Waals surface area (Å²) in [7, 11) is 3.05. The Morgan fingerprint density at radius 2 is 1.87 bits per heavy atom. The van der Waals surface area contributed by atoms with Crippen molar-refractivity contribution < 1.29 is 29.3 Å². The number of aromatic nitrogens is 2. The molecule has 4 rings (SSSR count). The fourth-order valence-corrected chi connectivity index (χ4v) is 4.00. The van der Waals surface area contributed by atoms with Crippen molar-refractivity contribution in [2.75, 3.05) is 47.8 Å². The normalized spacial score (nSPS) is 13.4. The Bertz CT molecular complexity index is 1340. The molecular formula is C27H30N6O6. The van der Waals surface area contributed by atoms with Crippen LogP contribution in [0.2, 0.25) is 0 Å². The van der Waals surface area contributed by atoms with Gasteiger partial charge in [-0.2, -0.15) is 4.98 Å². The summed E-state index contributed by atoms with van der Waals surface area (Å²) >= 11 is 0.